The van der Waals surface area contributed by atoms with Crippen molar-refractivity contribution in [3.05, 3.63) is 0 Å². The number of rotatable bonds is 18. The fraction of sp³-hybridized carbons (Fsp3) is 0.947. The van der Waals surface area contributed by atoms with E-state index in [1.807, 2.05) is 0 Å². The van der Waals surface area contributed by atoms with E-state index in [-0.39, 0.29) is 6.61 Å². The monoisotopic (exact) mass is 314 g/mol. The van der Waals surface area contributed by atoms with Crippen molar-refractivity contribution in [1.29, 1.82) is 0 Å². The molecule has 0 amide bonds. The molecule has 3 nitrogen and oxygen atoms in total. The van der Waals surface area contributed by atoms with Crippen LogP contribution in [0.1, 0.15) is 103 Å². The number of ether oxygens (including phenoxy) is 1. The van der Waals surface area contributed by atoms with E-state index in [0.717, 1.165) is 12.8 Å². The van der Waals surface area contributed by atoms with Crippen molar-refractivity contribution >= 4 is 6.47 Å². The normalized spacial score (nSPS) is 12.3. The molecule has 132 valence electrons. The molecule has 0 aliphatic carbocycles. The first-order valence-electron chi connectivity index (χ1n) is 9.54. The van der Waals surface area contributed by atoms with E-state index in [1.165, 1.54) is 83.5 Å². The van der Waals surface area contributed by atoms with E-state index in [0.29, 0.717) is 6.47 Å². The molecule has 0 spiro atoms. The molecule has 22 heavy (non-hydrogen) atoms. The van der Waals surface area contributed by atoms with Crippen molar-refractivity contribution < 1.29 is 14.6 Å². The average Bonchev–Trinajstić information content (AvgIpc) is 2.53. The Labute approximate surface area is 137 Å². The van der Waals surface area contributed by atoms with E-state index in [9.17, 15) is 9.90 Å². The molecule has 0 aromatic rings. The maximum Gasteiger partial charge on any atom is 0.293 e. The summed E-state index contributed by atoms with van der Waals surface area (Å²) in [6, 6.07) is 0. The van der Waals surface area contributed by atoms with Gasteiger partial charge in [0.25, 0.3) is 6.47 Å². The highest BCUT2D eigenvalue weighted by Gasteiger charge is 2.03. The van der Waals surface area contributed by atoms with E-state index in [4.69, 9.17) is 0 Å². The first-order valence-corrected chi connectivity index (χ1v) is 9.54. The van der Waals surface area contributed by atoms with Crippen LogP contribution < -0.4 is 0 Å². The Bertz CT molecular complexity index is 219. The third-order valence-electron chi connectivity index (χ3n) is 4.25. The van der Waals surface area contributed by atoms with Crippen molar-refractivity contribution in [2.75, 3.05) is 6.61 Å². The standard InChI is InChI=1S/C19H38O3/c1-2-3-4-5-6-7-8-9-10-11-12-13-14-15-16-19(21)17-22-18-20/h18-19,21H,2-17H2,1H3. The number of unbranched alkanes of at least 4 members (excludes halogenated alkanes) is 13. The van der Waals surface area contributed by atoms with Gasteiger partial charge in [-0.3, -0.25) is 4.79 Å². The zero-order chi connectivity index (χ0) is 16.3. The predicted molar refractivity (Wildman–Crippen MR) is 93.0 cm³/mol. The van der Waals surface area contributed by atoms with Gasteiger partial charge in [0.1, 0.15) is 6.61 Å². The molecule has 0 radical (unpaired) electrons. The van der Waals surface area contributed by atoms with Crippen molar-refractivity contribution in [3.8, 4) is 0 Å². The lowest BCUT2D eigenvalue weighted by atomic mass is 10.0. The number of hydrogen-bond donors (Lipinski definition) is 1. The number of hydrogen-bond acceptors (Lipinski definition) is 3. The smallest absolute Gasteiger partial charge is 0.293 e. The molecule has 0 fully saturated rings. The molecule has 0 saturated heterocycles. The second kappa shape index (κ2) is 18.5. The summed E-state index contributed by atoms with van der Waals surface area (Å²) in [4.78, 5) is 9.98. The van der Waals surface area contributed by atoms with Crippen LogP contribution >= 0.6 is 0 Å². The fourth-order valence-electron chi connectivity index (χ4n) is 2.81. The molecule has 1 N–H and O–H groups in total. The van der Waals surface area contributed by atoms with Crippen LogP contribution in [0.5, 0.6) is 0 Å². The Balaban J connectivity index is 3.03. The number of aliphatic hydroxyl groups excluding tert-OH is 1. The highest BCUT2D eigenvalue weighted by Crippen LogP contribution is 2.13. The molecule has 0 aromatic heterocycles. The zero-order valence-corrected chi connectivity index (χ0v) is 14.7. The summed E-state index contributed by atoms with van der Waals surface area (Å²) < 4.78 is 4.53. The van der Waals surface area contributed by atoms with Gasteiger partial charge >= 0.3 is 0 Å². The molecule has 0 rings (SSSR count). The molecule has 1 unspecified atom stereocenters. The molecule has 0 saturated carbocycles. The largest absolute Gasteiger partial charge is 0.465 e. The first-order chi connectivity index (χ1) is 10.8. The van der Waals surface area contributed by atoms with E-state index in [1.54, 1.807) is 0 Å². The van der Waals surface area contributed by atoms with Gasteiger partial charge in [0, 0.05) is 0 Å². The predicted octanol–water partition coefficient (Wildman–Crippen LogP) is 5.39. The lowest BCUT2D eigenvalue weighted by Gasteiger charge is -2.08. The van der Waals surface area contributed by atoms with Crippen molar-refractivity contribution in [2.45, 2.75) is 109 Å². The summed E-state index contributed by atoms with van der Waals surface area (Å²) in [5.41, 5.74) is 0. The van der Waals surface area contributed by atoms with Gasteiger partial charge in [0.05, 0.1) is 6.10 Å². The van der Waals surface area contributed by atoms with E-state index in [2.05, 4.69) is 11.7 Å². The van der Waals surface area contributed by atoms with Gasteiger partial charge < -0.3 is 9.84 Å². The molecular formula is C19H38O3. The van der Waals surface area contributed by atoms with Crippen LogP contribution in [0.3, 0.4) is 0 Å². The lowest BCUT2D eigenvalue weighted by Crippen LogP contribution is -2.14. The summed E-state index contributed by atoms with van der Waals surface area (Å²) in [6.45, 7) is 2.81. The number of carbonyl (C=O) groups excluding carboxylic acids is 1. The number of aliphatic hydroxyl groups is 1. The highest BCUT2D eigenvalue weighted by molar-refractivity contribution is 5.36. The van der Waals surface area contributed by atoms with Crippen LogP contribution in [0, 0.1) is 0 Å². The van der Waals surface area contributed by atoms with Crippen LogP contribution in [-0.4, -0.2) is 24.3 Å². The Morgan fingerprint density at radius 3 is 1.59 bits per heavy atom. The van der Waals surface area contributed by atoms with Crippen LogP contribution in [0.2, 0.25) is 0 Å². The second-order valence-electron chi connectivity index (χ2n) is 6.47. The zero-order valence-electron chi connectivity index (χ0n) is 14.7. The van der Waals surface area contributed by atoms with Crippen molar-refractivity contribution in [1.82, 2.24) is 0 Å². The molecule has 0 bridgehead atoms. The van der Waals surface area contributed by atoms with E-state index < -0.39 is 6.10 Å². The van der Waals surface area contributed by atoms with Crippen LogP contribution in [0.15, 0.2) is 0 Å². The van der Waals surface area contributed by atoms with Crippen molar-refractivity contribution in [2.24, 2.45) is 0 Å². The molecule has 0 aliphatic heterocycles. The summed E-state index contributed by atoms with van der Waals surface area (Å²) in [6.07, 6.45) is 19.0. The lowest BCUT2D eigenvalue weighted by molar-refractivity contribution is -0.131. The topological polar surface area (TPSA) is 46.5 Å². The van der Waals surface area contributed by atoms with Gasteiger partial charge in [-0.1, -0.05) is 96.8 Å². The van der Waals surface area contributed by atoms with Gasteiger partial charge in [0.15, 0.2) is 0 Å². The summed E-state index contributed by atoms with van der Waals surface area (Å²) in [5, 5.41) is 9.49. The maximum atomic E-state index is 9.98. The summed E-state index contributed by atoms with van der Waals surface area (Å²) in [5.74, 6) is 0. The molecule has 0 aliphatic rings. The quantitative estimate of drug-likeness (QED) is 0.272. The molecular weight excluding hydrogens is 276 g/mol. The fourth-order valence-corrected chi connectivity index (χ4v) is 2.81. The van der Waals surface area contributed by atoms with E-state index >= 15 is 0 Å². The molecule has 3 heteroatoms. The van der Waals surface area contributed by atoms with Crippen LogP contribution in [0.25, 0.3) is 0 Å². The van der Waals surface area contributed by atoms with Crippen LogP contribution in [0.4, 0.5) is 0 Å². The van der Waals surface area contributed by atoms with Gasteiger partial charge in [-0.15, -0.1) is 0 Å². The van der Waals surface area contributed by atoms with Crippen molar-refractivity contribution in [3.63, 3.8) is 0 Å². The first kappa shape index (κ1) is 21.4. The highest BCUT2D eigenvalue weighted by atomic mass is 16.5. The summed E-state index contributed by atoms with van der Waals surface area (Å²) >= 11 is 0. The third-order valence-corrected chi connectivity index (χ3v) is 4.25. The Kier molecular flexibility index (Phi) is 18.0. The van der Waals surface area contributed by atoms with Gasteiger partial charge in [-0.2, -0.15) is 0 Å². The Morgan fingerprint density at radius 1 is 0.773 bits per heavy atom. The third kappa shape index (κ3) is 17.5. The summed E-state index contributed by atoms with van der Waals surface area (Å²) in [7, 11) is 0. The molecule has 1 atom stereocenters. The SMILES string of the molecule is CCCCCCCCCCCCCCCCC(O)COC=O. The second-order valence-corrected chi connectivity index (χ2v) is 6.47. The van der Waals surface area contributed by atoms with Gasteiger partial charge in [-0.25, -0.2) is 0 Å². The molecule has 0 heterocycles. The van der Waals surface area contributed by atoms with Gasteiger partial charge in [-0.05, 0) is 6.42 Å². The van der Waals surface area contributed by atoms with Crippen LogP contribution in [-0.2, 0) is 9.53 Å². The maximum absolute atomic E-state index is 9.98. The number of carbonyl (C=O) groups is 1. The minimum atomic E-state index is -0.484. The average molecular weight is 315 g/mol. The Hall–Kier alpha value is -0.570. The minimum absolute atomic E-state index is 0.141. The molecule has 0 aromatic carbocycles. The minimum Gasteiger partial charge on any atom is -0.465 e. The Morgan fingerprint density at radius 2 is 1.18 bits per heavy atom. The van der Waals surface area contributed by atoms with Gasteiger partial charge in [0.2, 0.25) is 0 Å².